The Balaban J connectivity index is 1.45. The molecule has 134 valence electrons. The molecule has 0 spiro atoms. The van der Waals surface area contributed by atoms with E-state index in [1.807, 2.05) is 6.07 Å². The van der Waals surface area contributed by atoms with Crippen molar-refractivity contribution in [3.05, 3.63) is 29.3 Å². The summed E-state index contributed by atoms with van der Waals surface area (Å²) in [5.41, 5.74) is 1.60. The van der Waals surface area contributed by atoms with Crippen molar-refractivity contribution in [2.75, 3.05) is 18.0 Å². The molecule has 0 aromatic heterocycles. The highest BCUT2D eigenvalue weighted by Crippen LogP contribution is 2.34. The normalized spacial score (nSPS) is 30.2. The van der Waals surface area contributed by atoms with Gasteiger partial charge in [-0.3, -0.25) is 29.4 Å². The maximum absolute atomic E-state index is 12.9. The largest absolute Gasteiger partial charge is 0.366 e. The van der Waals surface area contributed by atoms with Crippen LogP contribution in [0.4, 0.5) is 5.69 Å². The maximum atomic E-state index is 12.9. The van der Waals surface area contributed by atoms with Gasteiger partial charge in [-0.25, -0.2) is 0 Å². The van der Waals surface area contributed by atoms with E-state index in [4.69, 9.17) is 0 Å². The van der Waals surface area contributed by atoms with Gasteiger partial charge in [0.2, 0.25) is 11.8 Å². The highest BCUT2D eigenvalue weighted by molar-refractivity contribution is 6.23. The number of benzene rings is 1. The Bertz CT molecular complexity index is 867. The Hall–Kier alpha value is -2.74. The maximum Gasteiger partial charge on any atom is 0.262 e. The summed E-state index contributed by atoms with van der Waals surface area (Å²) < 4.78 is 0. The summed E-state index contributed by atoms with van der Waals surface area (Å²) in [4.78, 5) is 52.3. The zero-order valence-electron chi connectivity index (χ0n) is 14.0. The second-order valence-electron chi connectivity index (χ2n) is 7.32. The summed E-state index contributed by atoms with van der Waals surface area (Å²) in [6.45, 7) is 1.82. The fourth-order valence-corrected chi connectivity index (χ4v) is 4.51. The van der Waals surface area contributed by atoms with Crippen LogP contribution in [0, 0.1) is 0 Å². The number of piperazine rings is 1. The van der Waals surface area contributed by atoms with Gasteiger partial charge in [-0.05, 0) is 31.0 Å². The van der Waals surface area contributed by atoms with E-state index in [1.54, 1.807) is 12.1 Å². The quantitative estimate of drug-likeness (QED) is 0.704. The lowest BCUT2D eigenvalue weighted by Crippen LogP contribution is -2.54. The van der Waals surface area contributed by atoms with Crippen molar-refractivity contribution in [1.29, 1.82) is 0 Å². The Morgan fingerprint density at radius 2 is 1.85 bits per heavy atom. The number of hydrogen-bond donors (Lipinski definition) is 2. The van der Waals surface area contributed by atoms with Crippen LogP contribution >= 0.6 is 0 Å². The van der Waals surface area contributed by atoms with Crippen molar-refractivity contribution < 1.29 is 19.2 Å². The zero-order chi connectivity index (χ0) is 18.0. The van der Waals surface area contributed by atoms with Gasteiger partial charge in [0.1, 0.15) is 6.04 Å². The Morgan fingerprint density at radius 3 is 2.54 bits per heavy atom. The summed E-state index contributed by atoms with van der Waals surface area (Å²) in [7, 11) is 0. The van der Waals surface area contributed by atoms with Crippen LogP contribution in [0.2, 0.25) is 0 Å². The van der Waals surface area contributed by atoms with Crippen LogP contribution in [-0.2, 0) is 9.59 Å². The Morgan fingerprint density at radius 1 is 1.04 bits per heavy atom. The second kappa shape index (κ2) is 5.38. The minimum Gasteiger partial charge on any atom is -0.366 e. The number of imide groups is 2. The first-order valence-electron chi connectivity index (χ1n) is 8.88. The van der Waals surface area contributed by atoms with E-state index >= 15 is 0 Å². The van der Waals surface area contributed by atoms with Crippen molar-refractivity contribution in [3.8, 4) is 0 Å². The predicted octanol–water partition coefficient (Wildman–Crippen LogP) is -0.362. The third kappa shape index (κ3) is 2.11. The monoisotopic (exact) mass is 354 g/mol. The van der Waals surface area contributed by atoms with Gasteiger partial charge in [0, 0.05) is 37.3 Å². The molecule has 2 bridgehead atoms. The lowest BCUT2D eigenvalue weighted by atomic mass is 10.0. The van der Waals surface area contributed by atoms with Gasteiger partial charge < -0.3 is 10.2 Å². The number of hydrogen-bond acceptors (Lipinski definition) is 6. The SMILES string of the molecule is O=C1CCC(N2C(=O)c3ccc(N4C[C@@H]5C[C@H]4CN5)cc3C2=O)C(=O)N1. The first-order valence-corrected chi connectivity index (χ1v) is 8.88. The van der Waals surface area contributed by atoms with Crippen LogP contribution in [0.25, 0.3) is 0 Å². The number of piperidine rings is 1. The van der Waals surface area contributed by atoms with Crippen LogP contribution in [0.3, 0.4) is 0 Å². The van der Waals surface area contributed by atoms with E-state index in [1.165, 1.54) is 0 Å². The lowest BCUT2D eigenvalue weighted by Gasteiger charge is -2.29. The molecule has 3 fully saturated rings. The molecule has 3 atom stereocenters. The molecule has 1 aromatic rings. The lowest BCUT2D eigenvalue weighted by molar-refractivity contribution is -0.136. The molecule has 0 saturated carbocycles. The Labute approximate surface area is 149 Å². The van der Waals surface area contributed by atoms with Crippen LogP contribution in [0.5, 0.6) is 0 Å². The van der Waals surface area contributed by atoms with Crippen LogP contribution < -0.4 is 15.5 Å². The fraction of sp³-hybridized carbons (Fsp3) is 0.444. The number of rotatable bonds is 2. The number of carbonyl (C=O) groups is 4. The molecule has 8 heteroatoms. The molecular weight excluding hydrogens is 336 g/mol. The van der Waals surface area contributed by atoms with Crippen molar-refractivity contribution in [3.63, 3.8) is 0 Å². The van der Waals surface area contributed by atoms with Crippen molar-refractivity contribution in [1.82, 2.24) is 15.5 Å². The molecule has 2 N–H and O–H groups in total. The smallest absolute Gasteiger partial charge is 0.262 e. The molecule has 8 nitrogen and oxygen atoms in total. The fourth-order valence-electron chi connectivity index (χ4n) is 4.51. The van der Waals surface area contributed by atoms with Crippen molar-refractivity contribution >= 4 is 29.3 Å². The standard InChI is InChI=1S/C18H18N4O4/c23-15-4-3-14(16(24)20-15)22-17(25)12-2-1-10(6-13(12)18(22)26)21-8-9-5-11(21)7-19-9/h1-2,6,9,11,14,19H,3-5,7-8H2,(H,20,23,24)/t9-,11-,14?/m0/s1. The number of fused-ring (bicyclic) bond motifs is 3. The van der Waals surface area contributed by atoms with E-state index in [0.29, 0.717) is 23.2 Å². The molecule has 0 aliphatic carbocycles. The van der Waals surface area contributed by atoms with Gasteiger partial charge in [0.25, 0.3) is 11.8 Å². The molecule has 4 amide bonds. The third-order valence-corrected chi connectivity index (χ3v) is 5.81. The zero-order valence-corrected chi connectivity index (χ0v) is 14.0. The van der Waals surface area contributed by atoms with Gasteiger partial charge in [-0.15, -0.1) is 0 Å². The molecule has 0 radical (unpaired) electrons. The molecule has 5 rings (SSSR count). The van der Waals surface area contributed by atoms with Gasteiger partial charge in [0.15, 0.2) is 0 Å². The molecule has 3 saturated heterocycles. The molecule has 4 aliphatic heterocycles. The molecule has 1 aromatic carbocycles. The average Bonchev–Trinajstić information content (AvgIpc) is 3.31. The highest BCUT2D eigenvalue weighted by Gasteiger charge is 2.45. The van der Waals surface area contributed by atoms with E-state index in [-0.39, 0.29) is 18.7 Å². The van der Waals surface area contributed by atoms with E-state index < -0.39 is 23.8 Å². The Kier molecular flexibility index (Phi) is 3.21. The minimum atomic E-state index is -0.921. The van der Waals surface area contributed by atoms with Crippen molar-refractivity contribution in [2.24, 2.45) is 0 Å². The first-order chi connectivity index (χ1) is 12.5. The number of nitrogens with zero attached hydrogens (tertiary/aromatic N) is 2. The van der Waals surface area contributed by atoms with Crippen LogP contribution in [-0.4, -0.2) is 59.7 Å². The van der Waals surface area contributed by atoms with E-state index in [2.05, 4.69) is 15.5 Å². The number of nitrogens with one attached hydrogen (secondary N) is 2. The third-order valence-electron chi connectivity index (χ3n) is 5.81. The second-order valence-corrected chi connectivity index (χ2v) is 7.32. The number of anilines is 1. The first kappa shape index (κ1) is 15.5. The summed E-state index contributed by atoms with van der Waals surface area (Å²) in [5, 5.41) is 5.65. The highest BCUT2D eigenvalue weighted by atomic mass is 16.2. The van der Waals surface area contributed by atoms with Gasteiger partial charge in [0.05, 0.1) is 11.1 Å². The molecule has 4 heterocycles. The van der Waals surface area contributed by atoms with Crippen LogP contribution in [0.1, 0.15) is 40.0 Å². The van der Waals surface area contributed by atoms with Gasteiger partial charge >= 0.3 is 0 Å². The summed E-state index contributed by atoms with van der Waals surface area (Å²) >= 11 is 0. The summed E-state index contributed by atoms with van der Waals surface area (Å²) in [6.07, 6.45) is 1.38. The number of carbonyl (C=O) groups excluding carboxylic acids is 4. The van der Waals surface area contributed by atoms with E-state index in [9.17, 15) is 19.2 Å². The molecular formula is C18H18N4O4. The molecule has 4 aliphatic rings. The summed E-state index contributed by atoms with van der Waals surface area (Å²) in [5.74, 6) is -1.87. The molecule has 26 heavy (non-hydrogen) atoms. The number of amides is 4. The average molecular weight is 354 g/mol. The topological polar surface area (TPSA) is 98.8 Å². The van der Waals surface area contributed by atoms with Crippen molar-refractivity contribution in [2.45, 2.75) is 37.4 Å². The van der Waals surface area contributed by atoms with E-state index in [0.717, 1.165) is 30.1 Å². The minimum absolute atomic E-state index is 0.124. The predicted molar refractivity (Wildman–Crippen MR) is 90.7 cm³/mol. The summed E-state index contributed by atoms with van der Waals surface area (Å²) in [6, 6.07) is 5.29. The van der Waals surface area contributed by atoms with Crippen LogP contribution in [0.15, 0.2) is 18.2 Å². The molecule has 1 unspecified atom stereocenters. The van der Waals surface area contributed by atoms with Gasteiger partial charge in [-0.1, -0.05) is 0 Å². The van der Waals surface area contributed by atoms with Gasteiger partial charge in [-0.2, -0.15) is 0 Å².